The predicted octanol–water partition coefficient (Wildman–Crippen LogP) is 1.67. The van der Waals surface area contributed by atoms with Gasteiger partial charge in [0.15, 0.2) is 0 Å². The van der Waals surface area contributed by atoms with E-state index in [0.717, 1.165) is 12.0 Å². The van der Waals surface area contributed by atoms with Gasteiger partial charge in [-0.25, -0.2) is 0 Å². The lowest BCUT2D eigenvalue weighted by molar-refractivity contribution is 0.542. The maximum Gasteiger partial charge on any atom is 0.0452 e. The molecule has 13 heavy (non-hydrogen) atoms. The van der Waals surface area contributed by atoms with E-state index in [1.807, 2.05) is 12.1 Å². The normalized spacial score (nSPS) is 12.5. The Kier molecular flexibility index (Phi) is 4.21. The predicted molar refractivity (Wildman–Crippen MR) is 53.4 cm³/mol. The first-order chi connectivity index (χ1) is 6.22. The number of alkyl halides is 1. The van der Waals surface area contributed by atoms with Gasteiger partial charge in [-0.3, -0.25) is 4.21 Å². The van der Waals surface area contributed by atoms with Crippen molar-refractivity contribution in [2.45, 2.75) is 6.42 Å². The fourth-order valence-corrected chi connectivity index (χ4v) is 1.49. The van der Waals surface area contributed by atoms with Gasteiger partial charge in [-0.1, -0.05) is 12.1 Å². The highest BCUT2D eigenvalue weighted by Gasteiger charge is 1.93. The van der Waals surface area contributed by atoms with E-state index in [9.17, 15) is 8.76 Å². The maximum atomic E-state index is 10.2. The highest BCUT2D eigenvalue weighted by Crippen LogP contribution is 2.10. The SMILES string of the molecule is O=S([O-])Nc1ccc(CCCl)cc1. The van der Waals surface area contributed by atoms with Crippen molar-refractivity contribution in [2.24, 2.45) is 0 Å². The number of halogens is 1. The van der Waals surface area contributed by atoms with Crippen molar-refractivity contribution in [3.05, 3.63) is 29.8 Å². The van der Waals surface area contributed by atoms with Crippen LogP contribution in [0.1, 0.15) is 5.56 Å². The van der Waals surface area contributed by atoms with Crippen LogP contribution < -0.4 is 4.72 Å². The summed E-state index contributed by atoms with van der Waals surface area (Å²) in [6.07, 6.45) is 0.794. The summed E-state index contributed by atoms with van der Waals surface area (Å²) >= 11 is 3.29. The van der Waals surface area contributed by atoms with Gasteiger partial charge < -0.3 is 9.27 Å². The van der Waals surface area contributed by atoms with Crippen molar-refractivity contribution < 1.29 is 8.76 Å². The average Bonchev–Trinajstić information content (AvgIpc) is 2.08. The van der Waals surface area contributed by atoms with Crippen molar-refractivity contribution >= 4 is 28.6 Å². The molecule has 5 heteroatoms. The zero-order valence-corrected chi connectivity index (χ0v) is 8.40. The molecule has 0 aromatic heterocycles. The summed E-state index contributed by atoms with van der Waals surface area (Å²) in [4.78, 5) is 0. The number of aryl methyl sites for hydroxylation is 1. The Morgan fingerprint density at radius 3 is 2.46 bits per heavy atom. The molecular formula is C8H9ClNO2S-. The van der Waals surface area contributed by atoms with Gasteiger partial charge in [0, 0.05) is 22.8 Å². The zero-order valence-electron chi connectivity index (χ0n) is 6.83. The summed E-state index contributed by atoms with van der Waals surface area (Å²) in [7, 11) is 0. The van der Waals surface area contributed by atoms with Gasteiger partial charge in [0.05, 0.1) is 0 Å². The Balaban J connectivity index is 2.64. The summed E-state index contributed by atoms with van der Waals surface area (Å²) in [5.41, 5.74) is 1.66. The van der Waals surface area contributed by atoms with Crippen molar-refractivity contribution in [2.75, 3.05) is 10.6 Å². The van der Waals surface area contributed by atoms with Gasteiger partial charge >= 0.3 is 0 Å². The summed E-state index contributed by atoms with van der Waals surface area (Å²) in [6, 6.07) is 7.10. The van der Waals surface area contributed by atoms with Crippen LogP contribution in [0.25, 0.3) is 0 Å². The molecule has 0 spiro atoms. The summed E-state index contributed by atoms with van der Waals surface area (Å²) in [6.45, 7) is 0. The molecule has 0 bridgehead atoms. The van der Waals surface area contributed by atoms with Crippen LogP contribution in [-0.2, 0) is 17.7 Å². The lowest BCUT2D eigenvalue weighted by Crippen LogP contribution is -2.01. The third-order valence-electron chi connectivity index (χ3n) is 1.54. The quantitative estimate of drug-likeness (QED) is 0.618. The molecule has 0 radical (unpaired) electrons. The van der Waals surface area contributed by atoms with Crippen LogP contribution in [-0.4, -0.2) is 14.6 Å². The summed E-state index contributed by atoms with van der Waals surface area (Å²) in [5.74, 6) is 0.570. The second-order valence-electron chi connectivity index (χ2n) is 2.47. The van der Waals surface area contributed by atoms with Gasteiger partial charge in [0.2, 0.25) is 0 Å². The highest BCUT2D eigenvalue weighted by atomic mass is 35.5. The molecule has 0 aliphatic carbocycles. The van der Waals surface area contributed by atoms with E-state index in [2.05, 4.69) is 4.72 Å². The molecule has 72 valence electrons. The van der Waals surface area contributed by atoms with E-state index in [4.69, 9.17) is 11.6 Å². The Hall–Kier alpha value is -0.580. The number of nitrogens with one attached hydrogen (secondary N) is 1. The number of hydrogen-bond donors (Lipinski definition) is 1. The third-order valence-corrected chi connectivity index (χ3v) is 2.13. The molecule has 0 amide bonds. The molecule has 1 rings (SSSR count). The minimum atomic E-state index is -2.25. The molecular weight excluding hydrogens is 210 g/mol. The van der Waals surface area contributed by atoms with Crippen molar-refractivity contribution in [3.63, 3.8) is 0 Å². The lowest BCUT2D eigenvalue weighted by atomic mass is 10.2. The minimum absolute atomic E-state index is 0.562. The minimum Gasteiger partial charge on any atom is -0.755 e. The summed E-state index contributed by atoms with van der Waals surface area (Å²) < 4.78 is 22.8. The molecule has 0 aliphatic heterocycles. The molecule has 1 atom stereocenters. The zero-order chi connectivity index (χ0) is 9.68. The van der Waals surface area contributed by atoms with Crippen LogP contribution in [0.5, 0.6) is 0 Å². The van der Waals surface area contributed by atoms with Crippen molar-refractivity contribution in [3.8, 4) is 0 Å². The topological polar surface area (TPSA) is 52.2 Å². The van der Waals surface area contributed by atoms with Crippen molar-refractivity contribution in [1.29, 1.82) is 0 Å². The molecule has 1 aromatic carbocycles. The van der Waals surface area contributed by atoms with Gasteiger partial charge in [-0.2, -0.15) is 0 Å². The molecule has 0 fully saturated rings. The Morgan fingerprint density at radius 1 is 1.38 bits per heavy atom. The van der Waals surface area contributed by atoms with Crippen LogP contribution in [0.2, 0.25) is 0 Å². The fraction of sp³-hybridized carbons (Fsp3) is 0.250. The van der Waals surface area contributed by atoms with E-state index in [0.29, 0.717) is 11.6 Å². The van der Waals surface area contributed by atoms with Crippen LogP contribution in [0.15, 0.2) is 24.3 Å². The van der Waals surface area contributed by atoms with E-state index in [1.54, 1.807) is 12.1 Å². The van der Waals surface area contributed by atoms with E-state index >= 15 is 0 Å². The van der Waals surface area contributed by atoms with Crippen LogP contribution in [0.4, 0.5) is 5.69 Å². The largest absolute Gasteiger partial charge is 0.755 e. The second-order valence-corrected chi connectivity index (χ2v) is 3.52. The van der Waals surface area contributed by atoms with E-state index in [1.165, 1.54) is 0 Å². The fourth-order valence-electron chi connectivity index (χ4n) is 0.945. The number of benzene rings is 1. The van der Waals surface area contributed by atoms with Gasteiger partial charge in [0.25, 0.3) is 0 Å². The smallest absolute Gasteiger partial charge is 0.0452 e. The standard InChI is InChI=1S/C8H10ClNO2S/c9-6-5-7-1-3-8(4-2-7)10-13(11)12/h1-4,10H,5-6H2,(H,11,12)/p-1. The number of hydrogen-bond acceptors (Lipinski definition) is 2. The Labute approximate surface area is 84.5 Å². The van der Waals surface area contributed by atoms with Gasteiger partial charge in [-0.15, -0.1) is 11.6 Å². The second kappa shape index (κ2) is 5.21. The van der Waals surface area contributed by atoms with E-state index < -0.39 is 11.3 Å². The maximum absolute atomic E-state index is 10.2. The molecule has 1 unspecified atom stereocenters. The monoisotopic (exact) mass is 218 g/mol. The molecule has 0 saturated carbocycles. The first-order valence-corrected chi connectivity index (χ1v) is 5.34. The molecule has 1 N–H and O–H groups in total. The van der Waals surface area contributed by atoms with Crippen LogP contribution >= 0.6 is 11.6 Å². The van der Waals surface area contributed by atoms with Crippen LogP contribution in [0.3, 0.4) is 0 Å². The van der Waals surface area contributed by atoms with Gasteiger partial charge in [-0.05, 0) is 24.1 Å². The first-order valence-electron chi connectivity index (χ1n) is 3.73. The Bertz CT molecular complexity index is 289. The average molecular weight is 219 g/mol. The summed E-state index contributed by atoms with van der Waals surface area (Å²) in [5, 5.41) is 0. The first kappa shape index (κ1) is 10.5. The number of anilines is 1. The molecule has 0 heterocycles. The van der Waals surface area contributed by atoms with E-state index in [-0.39, 0.29) is 0 Å². The lowest BCUT2D eigenvalue weighted by Gasteiger charge is -2.08. The molecule has 1 aromatic rings. The molecule has 0 aliphatic rings. The third kappa shape index (κ3) is 3.76. The highest BCUT2D eigenvalue weighted by molar-refractivity contribution is 7.80. The van der Waals surface area contributed by atoms with Gasteiger partial charge in [0.1, 0.15) is 0 Å². The molecule has 3 nitrogen and oxygen atoms in total. The Morgan fingerprint density at radius 2 is 2.00 bits per heavy atom. The van der Waals surface area contributed by atoms with Crippen molar-refractivity contribution in [1.82, 2.24) is 0 Å². The molecule has 0 saturated heterocycles. The number of rotatable bonds is 4. The van der Waals surface area contributed by atoms with Crippen LogP contribution in [0, 0.1) is 0 Å².